The number of para-hydroxylation sites is 1. The largest absolute Gasteiger partial charge is 0.477 e. The summed E-state index contributed by atoms with van der Waals surface area (Å²) in [6, 6.07) is 18.9. The number of hydrogen-bond acceptors (Lipinski definition) is 4. The summed E-state index contributed by atoms with van der Waals surface area (Å²) >= 11 is 1.57. The van der Waals surface area contributed by atoms with Crippen molar-refractivity contribution < 1.29 is 14.7 Å². The lowest BCUT2D eigenvalue weighted by molar-refractivity contribution is -0.116. The van der Waals surface area contributed by atoms with Crippen molar-refractivity contribution in [2.24, 2.45) is 0 Å². The number of carboxylic acids is 1. The first-order chi connectivity index (χ1) is 12.6. The van der Waals surface area contributed by atoms with Gasteiger partial charge in [0.2, 0.25) is 5.91 Å². The van der Waals surface area contributed by atoms with E-state index in [4.69, 9.17) is 5.11 Å². The van der Waals surface area contributed by atoms with Crippen LogP contribution in [-0.4, -0.2) is 26.8 Å². The van der Waals surface area contributed by atoms with Gasteiger partial charge in [-0.25, -0.2) is 4.79 Å². The second-order valence-electron chi connectivity index (χ2n) is 5.45. The third kappa shape index (κ3) is 4.52. The maximum atomic E-state index is 12.3. The Balaban J connectivity index is 1.64. The van der Waals surface area contributed by atoms with Crippen molar-refractivity contribution in [2.45, 2.75) is 22.8 Å². The van der Waals surface area contributed by atoms with E-state index in [-0.39, 0.29) is 24.6 Å². The molecule has 0 aliphatic rings. The zero-order valence-electron chi connectivity index (χ0n) is 13.8. The van der Waals surface area contributed by atoms with Crippen LogP contribution in [0.3, 0.4) is 0 Å². The molecule has 2 N–H and O–H groups in total. The molecule has 6 nitrogen and oxygen atoms in total. The van der Waals surface area contributed by atoms with E-state index < -0.39 is 5.97 Å². The number of aromatic nitrogens is 2. The number of aromatic carboxylic acids is 1. The SMILES string of the molecule is O=C(CCn1nccc1C(=O)O)Nc1ccccc1Sc1ccccc1. The van der Waals surface area contributed by atoms with Crippen LogP contribution in [0.2, 0.25) is 0 Å². The average molecular weight is 367 g/mol. The number of nitrogens with zero attached hydrogens (tertiary/aromatic N) is 2. The Morgan fingerprint density at radius 1 is 1.04 bits per heavy atom. The monoisotopic (exact) mass is 367 g/mol. The Bertz CT molecular complexity index is 909. The van der Waals surface area contributed by atoms with Crippen molar-refractivity contribution in [3.05, 3.63) is 72.6 Å². The van der Waals surface area contributed by atoms with Gasteiger partial charge in [0.25, 0.3) is 0 Å². The van der Waals surface area contributed by atoms with Crippen LogP contribution >= 0.6 is 11.8 Å². The van der Waals surface area contributed by atoms with E-state index in [0.717, 1.165) is 15.5 Å². The van der Waals surface area contributed by atoms with Gasteiger partial charge in [-0.2, -0.15) is 5.10 Å². The molecule has 1 amide bonds. The Kier molecular flexibility index (Phi) is 5.70. The van der Waals surface area contributed by atoms with Crippen molar-refractivity contribution in [3.8, 4) is 0 Å². The predicted octanol–water partition coefficient (Wildman–Crippen LogP) is 3.76. The van der Waals surface area contributed by atoms with E-state index in [2.05, 4.69) is 10.4 Å². The van der Waals surface area contributed by atoms with Gasteiger partial charge in [-0.15, -0.1) is 0 Å². The van der Waals surface area contributed by atoms with Gasteiger partial charge < -0.3 is 10.4 Å². The van der Waals surface area contributed by atoms with Crippen LogP contribution in [0.5, 0.6) is 0 Å². The lowest BCUT2D eigenvalue weighted by atomic mass is 10.3. The number of amides is 1. The van der Waals surface area contributed by atoms with Gasteiger partial charge in [-0.3, -0.25) is 9.48 Å². The molecule has 0 bridgehead atoms. The first-order valence-electron chi connectivity index (χ1n) is 8.00. The van der Waals surface area contributed by atoms with Crippen molar-refractivity contribution in [2.75, 3.05) is 5.32 Å². The lowest BCUT2D eigenvalue weighted by Crippen LogP contribution is -2.17. The molecule has 0 fully saturated rings. The van der Waals surface area contributed by atoms with Crippen molar-refractivity contribution in [1.82, 2.24) is 9.78 Å². The fourth-order valence-corrected chi connectivity index (χ4v) is 3.31. The molecule has 26 heavy (non-hydrogen) atoms. The molecule has 0 aliphatic heterocycles. The van der Waals surface area contributed by atoms with Gasteiger partial charge in [-0.05, 0) is 30.3 Å². The fourth-order valence-electron chi connectivity index (χ4n) is 2.39. The minimum absolute atomic E-state index is 0.0674. The summed E-state index contributed by atoms with van der Waals surface area (Å²) in [6.45, 7) is 0.203. The molecule has 0 atom stereocenters. The number of rotatable bonds is 7. The molecule has 0 aliphatic carbocycles. The third-order valence-electron chi connectivity index (χ3n) is 3.62. The molecule has 0 radical (unpaired) electrons. The van der Waals surface area contributed by atoms with Crippen LogP contribution in [-0.2, 0) is 11.3 Å². The summed E-state index contributed by atoms with van der Waals surface area (Å²) in [5.74, 6) is -1.26. The number of nitrogens with one attached hydrogen (secondary N) is 1. The van der Waals surface area contributed by atoms with Crippen LogP contribution in [0.4, 0.5) is 5.69 Å². The fraction of sp³-hybridized carbons (Fsp3) is 0.105. The molecular formula is C19H17N3O3S. The molecule has 1 heterocycles. The molecule has 0 unspecified atom stereocenters. The standard InChI is InChI=1S/C19H17N3O3S/c23-18(11-13-22-16(19(24)25)10-12-20-22)21-15-8-4-5-9-17(15)26-14-6-2-1-3-7-14/h1-10,12H,11,13H2,(H,21,23)(H,24,25). The maximum Gasteiger partial charge on any atom is 0.354 e. The number of benzene rings is 2. The number of hydrogen-bond donors (Lipinski definition) is 2. The van der Waals surface area contributed by atoms with E-state index in [1.54, 1.807) is 11.8 Å². The molecular weight excluding hydrogens is 350 g/mol. The second-order valence-corrected chi connectivity index (χ2v) is 6.57. The Morgan fingerprint density at radius 2 is 1.77 bits per heavy atom. The summed E-state index contributed by atoms with van der Waals surface area (Å²) < 4.78 is 1.31. The number of carbonyl (C=O) groups excluding carboxylic acids is 1. The quantitative estimate of drug-likeness (QED) is 0.664. The summed E-state index contributed by atoms with van der Waals surface area (Å²) in [7, 11) is 0. The van der Waals surface area contributed by atoms with Crippen LogP contribution in [0.25, 0.3) is 0 Å². The highest BCUT2D eigenvalue weighted by molar-refractivity contribution is 7.99. The van der Waals surface area contributed by atoms with Gasteiger partial charge in [0.15, 0.2) is 0 Å². The second kappa shape index (κ2) is 8.35. The smallest absolute Gasteiger partial charge is 0.354 e. The minimum Gasteiger partial charge on any atom is -0.477 e. The molecule has 7 heteroatoms. The predicted molar refractivity (Wildman–Crippen MR) is 99.4 cm³/mol. The lowest BCUT2D eigenvalue weighted by Gasteiger charge is -2.11. The maximum absolute atomic E-state index is 12.3. The highest BCUT2D eigenvalue weighted by Gasteiger charge is 2.12. The summed E-state index contributed by atoms with van der Waals surface area (Å²) in [4.78, 5) is 25.4. The molecule has 132 valence electrons. The average Bonchev–Trinajstić information content (AvgIpc) is 3.11. The van der Waals surface area contributed by atoms with E-state index in [1.165, 1.54) is 16.9 Å². The number of carbonyl (C=O) groups is 2. The molecule has 3 aromatic rings. The molecule has 2 aromatic carbocycles. The van der Waals surface area contributed by atoms with Gasteiger partial charge in [-0.1, -0.05) is 42.1 Å². The summed E-state index contributed by atoms with van der Waals surface area (Å²) in [5.41, 5.74) is 0.795. The first kappa shape index (κ1) is 17.8. The van der Waals surface area contributed by atoms with Gasteiger partial charge >= 0.3 is 5.97 Å². The summed E-state index contributed by atoms with van der Waals surface area (Å²) in [6.07, 6.45) is 1.54. The van der Waals surface area contributed by atoms with Gasteiger partial charge in [0.1, 0.15) is 5.69 Å². The van der Waals surface area contributed by atoms with Crippen LogP contribution < -0.4 is 5.32 Å². The Morgan fingerprint density at radius 3 is 2.54 bits per heavy atom. The van der Waals surface area contributed by atoms with Crippen LogP contribution in [0, 0.1) is 0 Å². The highest BCUT2D eigenvalue weighted by Crippen LogP contribution is 2.33. The number of carboxylic acid groups (broad SMARTS) is 1. The molecule has 0 spiro atoms. The van der Waals surface area contributed by atoms with E-state index in [9.17, 15) is 9.59 Å². The van der Waals surface area contributed by atoms with Crippen molar-refractivity contribution in [1.29, 1.82) is 0 Å². The van der Waals surface area contributed by atoms with E-state index in [0.29, 0.717) is 0 Å². The molecule has 1 aromatic heterocycles. The van der Waals surface area contributed by atoms with Crippen molar-refractivity contribution in [3.63, 3.8) is 0 Å². The number of aryl methyl sites for hydroxylation is 1. The topological polar surface area (TPSA) is 84.2 Å². The Labute approximate surface area is 154 Å². The third-order valence-corrected chi connectivity index (χ3v) is 4.70. The van der Waals surface area contributed by atoms with E-state index in [1.807, 2.05) is 54.6 Å². The van der Waals surface area contributed by atoms with Gasteiger partial charge in [0.05, 0.1) is 12.2 Å². The summed E-state index contributed by atoms with van der Waals surface area (Å²) in [5, 5.41) is 15.9. The molecule has 0 saturated carbocycles. The Hall–Kier alpha value is -3.06. The molecule has 0 saturated heterocycles. The van der Waals surface area contributed by atoms with Crippen LogP contribution in [0.1, 0.15) is 16.9 Å². The zero-order valence-corrected chi connectivity index (χ0v) is 14.6. The first-order valence-corrected chi connectivity index (χ1v) is 8.82. The number of anilines is 1. The van der Waals surface area contributed by atoms with Crippen LogP contribution in [0.15, 0.2) is 76.7 Å². The molecule has 3 rings (SSSR count). The normalized spacial score (nSPS) is 10.5. The minimum atomic E-state index is -1.06. The van der Waals surface area contributed by atoms with Gasteiger partial charge in [0, 0.05) is 22.4 Å². The zero-order chi connectivity index (χ0) is 18.4. The highest BCUT2D eigenvalue weighted by atomic mass is 32.2. The van der Waals surface area contributed by atoms with E-state index >= 15 is 0 Å². The van der Waals surface area contributed by atoms with Crippen molar-refractivity contribution >= 4 is 29.3 Å².